The highest BCUT2D eigenvalue weighted by Gasteiger charge is 2.19. The third-order valence-electron chi connectivity index (χ3n) is 4.20. The average Bonchev–Trinajstić information content (AvgIpc) is 2.72. The molecule has 0 unspecified atom stereocenters. The molecule has 0 saturated heterocycles. The maximum absolute atomic E-state index is 12.3. The molecule has 3 rings (SSSR count). The Morgan fingerprint density at radius 3 is 2.31 bits per heavy atom. The number of hydrogen-bond donors (Lipinski definition) is 2. The predicted molar refractivity (Wildman–Crippen MR) is 111 cm³/mol. The van der Waals surface area contributed by atoms with Crippen LogP contribution >= 0.6 is 0 Å². The molecule has 0 aliphatic heterocycles. The number of nitrogens with zero attached hydrogens (tertiary/aromatic N) is 1. The van der Waals surface area contributed by atoms with Crippen molar-refractivity contribution < 1.29 is 14.5 Å². The summed E-state index contributed by atoms with van der Waals surface area (Å²) in [5.41, 5.74) is 7.08. The third kappa shape index (κ3) is 4.54. The lowest BCUT2D eigenvalue weighted by Gasteiger charge is -2.07. The van der Waals surface area contributed by atoms with Crippen LogP contribution in [0.2, 0.25) is 0 Å². The van der Waals surface area contributed by atoms with Crippen molar-refractivity contribution in [3.8, 4) is 11.1 Å². The second kappa shape index (κ2) is 8.62. The van der Waals surface area contributed by atoms with Crippen LogP contribution in [0.5, 0.6) is 0 Å². The van der Waals surface area contributed by atoms with Crippen LogP contribution in [0.25, 0.3) is 17.2 Å². The molecule has 3 N–H and O–H groups in total. The molecule has 0 saturated carbocycles. The zero-order chi connectivity index (χ0) is 20.8. The molecule has 0 fully saturated rings. The van der Waals surface area contributed by atoms with Gasteiger partial charge in [-0.05, 0) is 35.9 Å². The van der Waals surface area contributed by atoms with E-state index in [1.54, 1.807) is 60.7 Å². The van der Waals surface area contributed by atoms with Crippen molar-refractivity contribution in [3.05, 3.63) is 100 Å². The highest BCUT2D eigenvalue weighted by Crippen LogP contribution is 2.33. The van der Waals surface area contributed by atoms with Gasteiger partial charge in [0.25, 0.3) is 11.6 Å². The number of benzene rings is 3. The number of primary amides is 1. The molecule has 3 aromatic rings. The van der Waals surface area contributed by atoms with Gasteiger partial charge in [0, 0.05) is 6.08 Å². The first kappa shape index (κ1) is 19.5. The van der Waals surface area contributed by atoms with Gasteiger partial charge in [-0.2, -0.15) is 0 Å². The fourth-order valence-corrected chi connectivity index (χ4v) is 2.90. The van der Waals surface area contributed by atoms with E-state index in [2.05, 4.69) is 5.32 Å². The molecule has 0 aliphatic carbocycles. The number of nitrogens with two attached hydrogens (primary N) is 1. The Balaban J connectivity index is 1.90. The van der Waals surface area contributed by atoms with Gasteiger partial charge >= 0.3 is 0 Å². The largest absolute Gasteiger partial charge is 0.366 e. The van der Waals surface area contributed by atoms with Crippen LogP contribution in [0.4, 0.5) is 11.4 Å². The number of nitro groups is 1. The monoisotopic (exact) mass is 387 g/mol. The lowest BCUT2D eigenvalue weighted by atomic mass is 10.00. The highest BCUT2D eigenvalue weighted by molar-refractivity contribution is 6.07. The molecule has 7 nitrogen and oxygen atoms in total. The van der Waals surface area contributed by atoms with Crippen LogP contribution in [0, 0.1) is 10.1 Å². The Morgan fingerprint density at radius 1 is 0.931 bits per heavy atom. The summed E-state index contributed by atoms with van der Waals surface area (Å²) in [6.45, 7) is 0. The second-order valence-corrected chi connectivity index (χ2v) is 6.10. The van der Waals surface area contributed by atoms with E-state index in [-0.39, 0.29) is 22.5 Å². The average molecular weight is 387 g/mol. The molecule has 0 bridgehead atoms. The van der Waals surface area contributed by atoms with Crippen molar-refractivity contribution in [1.82, 2.24) is 0 Å². The van der Waals surface area contributed by atoms with Gasteiger partial charge in [-0.3, -0.25) is 19.7 Å². The van der Waals surface area contributed by atoms with Crippen molar-refractivity contribution >= 4 is 29.3 Å². The summed E-state index contributed by atoms with van der Waals surface area (Å²) >= 11 is 0. The number of nitro benzene ring substituents is 1. The molecule has 0 spiro atoms. The molecule has 3 aromatic carbocycles. The number of rotatable bonds is 6. The van der Waals surface area contributed by atoms with Crippen molar-refractivity contribution in [3.63, 3.8) is 0 Å². The zero-order valence-corrected chi connectivity index (χ0v) is 15.2. The van der Waals surface area contributed by atoms with Crippen molar-refractivity contribution in [2.75, 3.05) is 5.32 Å². The van der Waals surface area contributed by atoms with E-state index in [0.717, 1.165) is 0 Å². The summed E-state index contributed by atoms with van der Waals surface area (Å²) in [5, 5.41) is 14.3. The van der Waals surface area contributed by atoms with Gasteiger partial charge in [-0.25, -0.2) is 0 Å². The second-order valence-electron chi connectivity index (χ2n) is 6.10. The van der Waals surface area contributed by atoms with E-state index in [4.69, 9.17) is 5.73 Å². The Kier molecular flexibility index (Phi) is 5.80. The van der Waals surface area contributed by atoms with E-state index in [0.29, 0.717) is 11.1 Å². The molecule has 0 atom stereocenters. The maximum Gasteiger partial charge on any atom is 0.284 e. The van der Waals surface area contributed by atoms with Crippen LogP contribution in [0.3, 0.4) is 0 Å². The quantitative estimate of drug-likeness (QED) is 0.378. The Labute approximate surface area is 166 Å². The molecule has 2 amide bonds. The first-order valence-electron chi connectivity index (χ1n) is 8.68. The molecule has 29 heavy (non-hydrogen) atoms. The number of carbonyl (C=O) groups is 2. The van der Waals surface area contributed by atoms with Gasteiger partial charge in [0.15, 0.2) is 0 Å². The van der Waals surface area contributed by atoms with E-state index in [1.807, 2.05) is 6.07 Å². The van der Waals surface area contributed by atoms with Gasteiger partial charge in [-0.15, -0.1) is 0 Å². The number of para-hydroxylation sites is 2. The third-order valence-corrected chi connectivity index (χ3v) is 4.20. The van der Waals surface area contributed by atoms with E-state index in [1.165, 1.54) is 18.2 Å². The van der Waals surface area contributed by atoms with Crippen LogP contribution in [0.15, 0.2) is 78.9 Å². The fraction of sp³-hybridized carbons (Fsp3) is 0. The summed E-state index contributed by atoms with van der Waals surface area (Å²) in [6.07, 6.45) is 2.54. The minimum absolute atomic E-state index is 0.0970. The molecule has 0 heterocycles. The molecule has 0 aromatic heterocycles. The van der Waals surface area contributed by atoms with Crippen LogP contribution in [0.1, 0.15) is 15.9 Å². The van der Waals surface area contributed by atoms with Crippen molar-refractivity contribution in [1.29, 1.82) is 0 Å². The molecular formula is C22H17N3O4. The number of anilines is 1. The van der Waals surface area contributed by atoms with Gasteiger partial charge in [0.05, 0.1) is 27.3 Å². The summed E-state index contributed by atoms with van der Waals surface area (Å²) in [4.78, 5) is 35.0. The number of amides is 2. The Hall–Kier alpha value is -4.26. The summed E-state index contributed by atoms with van der Waals surface area (Å²) in [5.74, 6) is -1.21. The molecular weight excluding hydrogens is 370 g/mol. The lowest BCUT2D eigenvalue weighted by molar-refractivity contribution is -0.384. The predicted octanol–water partition coefficient (Wildman–Crippen LogP) is 4.01. The molecule has 144 valence electrons. The molecule has 0 radical (unpaired) electrons. The maximum atomic E-state index is 12.3. The Bertz CT molecular complexity index is 1110. The Morgan fingerprint density at radius 2 is 1.62 bits per heavy atom. The van der Waals surface area contributed by atoms with E-state index < -0.39 is 16.7 Å². The van der Waals surface area contributed by atoms with Crippen LogP contribution < -0.4 is 11.1 Å². The fourth-order valence-electron chi connectivity index (χ4n) is 2.90. The van der Waals surface area contributed by atoms with Crippen molar-refractivity contribution in [2.24, 2.45) is 5.73 Å². The highest BCUT2D eigenvalue weighted by atomic mass is 16.6. The van der Waals surface area contributed by atoms with Crippen LogP contribution in [-0.4, -0.2) is 16.7 Å². The minimum atomic E-state index is -0.670. The van der Waals surface area contributed by atoms with E-state index in [9.17, 15) is 19.7 Å². The van der Waals surface area contributed by atoms with Crippen LogP contribution in [-0.2, 0) is 4.79 Å². The van der Waals surface area contributed by atoms with Gasteiger partial charge in [0.1, 0.15) is 0 Å². The zero-order valence-electron chi connectivity index (χ0n) is 15.2. The topological polar surface area (TPSA) is 115 Å². The molecule has 0 aliphatic rings. The first-order valence-corrected chi connectivity index (χ1v) is 8.68. The van der Waals surface area contributed by atoms with Gasteiger partial charge in [0.2, 0.25) is 5.91 Å². The summed E-state index contributed by atoms with van der Waals surface area (Å²) in [6, 6.07) is 20.2. The standard InChI is InChI=1S/C22H17N3O4/c23-22(27)18-10-4-5-12-19(18)24-20(26)14-13-16-9-6-11-17(21(16)25(28)29)15-7-2-1-3-8-15/h1-14H,(H2,23,27)(H,24,26)/b14-13+. The summed E-state index contributed by atoms with van der Waals surface area (Å²) < 4.78 is 0. The number of carbonyl (C=O) groups excluding carboxylic acids is 2. The SMILES string of the molecule is NC(=O)c1ccccc1NC(=O)/C=C/c1cccc(-c2ccccc2)c1[N+](=O)[O-]. The lowest BCUT2D eigenvalue weighted by Crippen LogP contribution is -2.16. The smallest absolute Gasteiger partial charge is 0.284 e. The summed E-state index contributed by atoms with van der Waals surface area (Å²) in [7, 11) is 0. The van der Waals surface area contributed by atoms with Gasteiger partial charge in [-0.1, -0.05) is 48.5 Å². The van der Waals surface area contributed by atoms with E-state index >= 15 is 0 Å². The normalized spacial score (nSPS) is 10.6. The van der Waals surface area contributed by atoms with Crippen molar-refractivity contribution in [2.45, 2.75) is 0 Å². The van der Waals surface area contributed by atoms with Gasteiger partial charge < -0.3 is 11.1 Å². The first-order chi connectivity index (χ1) is 14.0. The number of nitrogens with one attached hydrogen (secondary N) is 1. The number of hydrogen-bond acceptors (Lipinski definition) is 4. The molecule has 7 heteroatoms. The minimum Gasteiger partial charge on any atom is -0.366 e.